The lowest BCUT2D eigenvalue weighted by molar-refractivity contribution is 0.0683. The minimum atomic E-state index is -3.58. The van der Waals surface area contributed by atoms with E-state index in [0.717, 1.165) is 0 Å². The third-order valence-corrected chi connectivity index (χ3v) is 4.60. The molecule has 1 heterocycles. The van der Waals surface area contributed by atoms with Crippen LogP contribution in [0.2, 0.25) is 0 Å². The monoisotopic (exact) mass is 317 g/mol. The third-order valence-electron chi connectivity index (χ3n) is 3.22. The Bertz CT molecular complexity index is 593. The normalized spacial score (nSPS) is 11.9. The Balaban J connectivity index is 3.12. The molecular formula is C13H23N3O4S. The fourth-order valence-electron chi connectivity index (χ4n) is 1.99. The van der Waals surface area contributed by atoms with Gasteiger partial charge in [-0.05, 0) is 33.4 Å². The minimum absolute atomic E-state index is 0.00300. The standard InChI is InChI=1S/C13H23N3O4S/c1-10(2)16(6-5-7-17)13(18)12-8-11(9-15(12)4)21(19,20)14-3/h8-10,14,17H,5-7H2,1-4H3. The van der Waals surface area contributed by atoms with Crippen molar-refractivity contribution in [1.82, 2.24) is 14.2 Å². The molecule has 7 nitrogen and oxygen atoms in total. The second-order valence-corrected chi connectivity index (χ2v) is 6.94. The number of carbonyl (C=O) groups excluding carboxylic acids is 1. The number of nitrogens with zero attached hydrogens (tertiary/aromatic N) is 2. The highest BCUT2D eigenvalue weighted by atomic mass is 32.2. The topological polar surface area (TPSA) is 91.6 Å². The molecule has 0 saturated heterocycles. The molecule has 0 atom stereocenters. The Hall–Kier alpha value is -1.38. The van der Waals surface area contributed by atoms with Gasteiger partial charge in [0.05, 0.1) is 0 Å². The fourth-order valence-corrected chi connectivity index (χ4v) is 2.79. The van der Waals surface area contributed by atoms with Crippen LogP contribution in [-0.2, 0) is 17.1 Å². The Morgan fingerprint density at radius 3 is 2.57 bits per heavy atom. The maximum Gasteiger partial charge on any atom is 0.270 e. The van der Waals surface area contributed by atoms with Crippen molar-refractivity contribution in [2.24, 2.45) is 7.05 Å². The molecule has 0 bridgehead atoms. The number of hydrogen-bond acceptors (Lipinski definition) is 4. The summed E-state index contributed by atoms with van der Waals surface area (Å²) in [6.45, 7) is 4.18. The van der Waals surface area contributed by atoms with Crippen molar-refractivity contribution in [3.05, 3.63) is 18.0 Å². The van der Waals surface area contributed by atoms with E-state index >= 15 is 0 Å². The molecule has 120 valence electrons. The molecule has 0 unspecified atom stereocenters. The Labute approximate surface area is 125 Å². The van der Waals surface area contributed by atoms with Crippen LogP contribution in [0.15, 0.2) is 17.2 Å². The Morgan fingerprint density at radius 2 is 2.10 bits per heavy atom. The zero-order chi connectivity index (χ0) is 16.2. The molecule has 21 heavy (non-hydrogen) atoms. The number of aliphatic hydroxyl groups excluding tert-OH is 1. The molecule has 8 heteroatoms. The second-order valence-electron chi connectivity index (χ2n) is 5.05. The van der Waals surface area contributed by atoms with Gasteiger partial charge < -0.3 is 14.6 Å². The highest BCUT2D eigenvalue weighted by Gasteiger charge is 2.24. The van der Waals surface area contributed by atoms with Gasteiger partial charge >= 0.3 is 0 Å². The Morgan fingerprint density at radius 1 is 1.48 bits per heavy atom. The summed E-state index contributed by atoms with van der Waals surface area (Å²) < 4.78 is 27.3. The molecule has 2 N–H and O–H groups in total. The van der Waals surface area contributed by atoms with E-state index < -0.39 is 10.0 Å². The Kier molecular flexibility index (Phi) is 5.94. The molecule has 0 aliphatic rings. The van der Waals surface area contributed by atoms with E-state index in [1.54, 1.807) is 11.9 Å². The summed E-state index contributed by atoms with van der Waals surface area (Å²) >= 11 is 0. The highest BCUT2D eigenvalue weighted by molar-refractivity contribution is 7.89. The smallest absolute Gasteiger partial charge is 0.270 e. The molecule has 1 rings (SSSR count). The van der Waals surface area contributed by atoms with Crippen LogP contribution in [0.25, 0.3) is 0 Å². The van der Waals surface area contributed by atoms with Crippen LogP contribution in [-0.4, -0.2) is 55.1 Å². The number of aliphatic hydroxyl groups is 1. The molecule has 0 aliphatic carbocycles. The van der Waals surface area contributed by atoms with Gasteiger partial charge in [-0.25, -0.2) is 13.1 Å². The SMILES string of the molecule is CNS(=O)(=O)c1cc(C(=O)N(CCCO)C(C)C)n(C)c1. The number of rotatable bonds is 7. The summed E-state index contributed by atoms with van der Waals surface area (Å²) in [5.41, 5.74) is 0.301. The van der Waals surface area contributed by atoms with Gasteiger partial charge in [0, 0.05) is 32.4 Å². The third kappa shape index (κ3) is 4.05. The minimum Gasteiger partial charge on any atom is -0.396 e. The maximum atomic E-state index is 12.5. The van der Waals surface area contributed by atoms with Crippen molar-refractivity contribution in [3.8, 4) is 0 Å². The molecule has 1 aromatic rings. The van der Waals surface area contributed by atoms with Gasteiger partial charge in [-0.15, -0.1) is 0 Å². The largest absolute Gasteiger partial charge is 0.396 e. The van der Waals surface area contributed by atoms with Crippen molar-refractivity contribution in [2.75, 3.05) is 20.2 Å². The van der Waals surface area contributed by atoms with Crippen LogP contribution in [0.4, 0.5) is 0 Å². The van der Waals surface area contributed by atoms with E-state index in [-0.39, 0.29) is 23.5 Å². The predicted octanol–water partition coefficient (Wildman–Crippen LogP) is 0.166. The molecule has 0 aliphatic heterocycles. The quantitative estimate of drug-likeness (QED) is 0.750. The first-order valence-electron chi connectivity index (χ1n) is 6.76. The van der Waals surface area contributed by atoms with Crippen LogP contribution >= 0.6 is 0 Å². The zero-order valence-electron chi connectivity index (χ0n) is 12.8. The van der Waals surface area contributed by atoms with Crippen molar-refractivity contribution < 1.29 is 18.3 Å². The summed E-state index contributed by atoms with van der Waals surface area (Å²) in [6, 6.07) is 1.32. The molecule has 0 aromatic carbocycles. The van der Waals surface area contributed by atoms with Crippen LogP contribution in [0.1, 0.15) is 30.8 Å². The second kappa shape index (κ2) is 7.06. The first-order valence-corrected chi connectivity index (χ1v) is 8.24. The predicted molar refractivity (Wildman–Crippen MR) is 79.5 cm³/mol. The van der Waals surface area contributed by atoms with E-state index in [9.17, 15) is 13.2 Å². The fraction of sp³-hybridized carbons (Fsp3) is 0.615. The van der Waals surface area contributed by atoms with Gasteiger partial charge in [-0.3, -0.25) is 4.79 Å². The number of aryl methyl sites for hydroxylation is 1. The lowest BCUT2D eigenvalue weighted by atomic mass is 10.2. The number of amides is 1. The first-order chi connectivity index (χ1) is 9.74. The summed E-state index contributed by atoms with van der Waals surface area (Å²) in [7, 11) is -0.622. The van der Waals surface area contributed by atoms with Crippen molar-refractivity contribution >= 4 is 15.9 Å². The molecule has 0 saturated carbocycles. The van der Waals surface area contributed by atoms with E-state index in [0.29, 0.717) is 18.7 Å². The summed E-state index contributed by atoms with van der Waals surface area (Å²) in [6.07, 6.45) is 1.89. The van der Waals surface area contributed by atoms with Gasteiger partial charge in [0.25, 0.3) is 5.91 Å². The van der Waals surface area contributed by atoms with Crippen molar-refractivity contribution in [3.63, 3.8) is 0 Å². The molecular weight excluding hydrogens is 294 g/mol. The average Bonchev–Trinajstić information content (AvgIpc) is 2.81. The van der Waals surface area contributed by atoms with Gasteiger partial charge in [0.1, 0.15) is 10.6 Å². The van der Waals surface area contributed by atoms with Gasteiger partial charge in [-0.2, -0.15) is 0 Å². The number of carbonyl (C=O) groups is 1. The molecule has 0 fully saturated rings. The van der Waals surface area contributed by atoms with Crippen LogP contribution in [0.3, 0.4) is 0 Å². The van der Waals surface area contributed by atoms with Crippen LogP contribution < -0.4 is 4.72 Å². The summed E-state index contributed by atoms with van der Waals surface area (Å²) in [5, 5.41) is 8.92. The highest BCUT2D eigenvalue weighted by Crippen LogP contribution is 2.16. The molecule has 0 radical (unpaired) electrons. The number of aromatic nitrogens is 1. The lowest BCUT2D eigenvalue weighted by Gasteiger charge is -2.26. The molecule has 1 amide bonds. The van der Waals surface area contributed by atoms with E-state index in [1.807, 2.05) is 13.8 Å². The van der Waals surface area contributed by atoms with Gasteiger partial charge in [0.15, 0.2) is 0 Å². The number of hydrogen-bond donors (Lipinski definition) is 2. The average molecular weight is 317 g/mol. The van der Waals surface area contributed by atoms with Crippen molar-refractivity contribution in [1.29, 1.82) is 0 Å². The first kappa shape index (κ1) is 17.7. The van der Waals surface area contributed by atoms with E-state index in [4.69, 9.17) is 5.11 Å². The van der Waals surface area contributed by atoms with E-state index in [1.165, 1.54) is 23.9 Å². The van der Waals surface area contributed by atoms with Crippen LogP contribution in [0.5, 0.6) is 0 Å². The summed E-state index contributed by atoms with van der Waals surface area (Å²) in [4.78, 5) is 14.2. The summed E-state index contributed by atoms with van der Waals surface area (Å²) in [5.74, 6) is -0.251. The van der Waals surface area contributed by atoms with Crippen molar-refractivity contribution in [2.45, 2.75) is 31.2 Å². The number of nitrogens with one attached hydrogen (secondary N) is 1. The maximum absolute atomic E-state index is 12.5. The molecule has 1 aromatic heterocycles. The zero-order valence-corrected chi connectivity index (χ0v) is 13.6. The van der Waals surface area contributed by atoms with Crippen LogP contribution in [0, 0.1) is 0 Å². The molecule has 0 spiro atoms. The van der Waals surface area contributed by atoms with Gasteiger partial charge in [0.2, 0.25) is 10.0 Å². The lowest BCUT2D eigenvalue weighted by Crippen LogP contribution is -2.38. The van der Waals surface area contributed by atoms with E-state index in [2.05, 4.69) is 4.72 Å². The van der Waals surface area contributed by atoms with Gasteiger partial charge in [-0.1, -0.05) is 0 Å². The number of sulfonamides is 1.